The number of rotatable bonds is 10. The Morgan fingerprint density at radius 2 is 1.91 bits per heavy atom. The molecule has 0 saturated heterocycles. The Morgan fingerprint density at radius 3 is 2.61 bits per heavy atom. The number of thioether (sulfide) groups is 1. The zero-order chi connectivity index (χ0) is 23.8. The third-order valence-electron chi connectivity index (χ3n) is 4.59. The van der Waals surface area contributed by atoms with Gasteiger partial charge in [0.05, 0.1) is 19.3 Å². The summed E-state index contributed by atoms with van der Waals surface area (Å²) in [5, 5.41) is 0.407. The fourth-order valence-corrected chi connectivity index (χ4v) is 3.83. The lowest BCUT2D eigenvalue weighted by molar-refractivity contribution is -0.157. The first-order valence-electron chi connectivity index (χ1n) is 10.3. The molecule has 0 aliphatic heterocycles. The third kappa shape index (κ3) is 6.59. The van der Waals surface area contributed by atoms with Gasteiger partial charge in [0.25, 0.3) is 5.56 Å². The molecule has 0 atom stereocenters. The van der Waals surface area contributed by atoms with Crippen LogP contribution in [0.1, 0.15) is 19.4 Å². The summed E-state index contributed by atoms with van der Waals surface area (Å²) < 4.78 is 18.1. The Hall–Kier alpha value is -3.30. The quantitative estimate of drug-likeness (QED) is 0.356. The van der Waals surface area contributed by atoms with Crippen LogP contribution in [0.4, 0.5) is 0 Å². The first kappa shape index (κ1) is 24.3. The number of esters is 1. The first-order valence-corrected chi connectivity index (χ1v) is 11.3. The second kappa shape index (κ2) is 11.0. The predicted molar refractivity (Wildman–Crippen MR) is 127 cm³/mol. The van der Waals surface area contributed by atoms with Gasteiger partial charge in [-0.3, -0.25) is 14.2 Å². The fourth-order valence-electron chi connectivity index (χ4n) is 2.98. The summed E-state index contributed by atoms with van der Waals surface area (Å²) in [6.07, 6.45) is 3.21. The van der Waals surface area contributed by atoms with E-state index in [0.717, 1.165) is 5.56 Å². The number of nitrogens with two attached hydrogens (primary N) is 1. The molecule has 2 aromatic carbocycles. The van der Waals surface area contributed by atoms with Crippen LogP contribution >= 0.6 is 11.8 Å². The van der Waals surface area contributed by atoms with Gasteiger partial charge >= 0.3 is 5.97 Å². The standard InChI is InChI=1S/C24H27N3O5S/c1-24(2,32-21(28)14-25)16-31-19-10-9-18(13-20(19)30-3)27-12-11-26-22(23(27)29)33-15-17-7-5-4-6-8-17/h4-13H,14-16,25H2,1-3H3. The van der Waals surface area contributed by atoms with Crippen molar-refractivity contribution in [3.63, 3.8) is 0 Å². The molecule has 0 saturated carbocycles. The minimum absolute atomic E-state index is 0.101. The Morgan fingerprint density at radius 1 is 1.15 bits per heavy atom. The average Bonchev–Trinajstić information content (AvgIpc) is 2.82. The lowest BCUT2D eigenvalue weighted by Gasteiger charge is -2.25. The zero-order valence-electron chi connectivity index (χ0n) is 18.8. The Labute approximate surface area is 196 Å². The van der Waals surface area contributed by atoms with Crippen LogP contribution in [0, 0.1) is 0 Å². The van der Waals surface area contributed by atoms with Gasteiger partial charge in [-0.1, -0.05) is 42.1 Å². The molecule has 33 heavy (non-hydrogen) atoms. The molecule has 0 aliphatic carbocycles. The number of hydrogen-bond donors (Lipinski definition) is 1. The van der Waals surface area contributed by atoms with Crippen molar-refractivity contribution in [1.29, 1.82) is 0 Å². The second-order valence-electron chi connectivity index (χ2n) is 7.74. The van der Waals surface area contributed by atoms with Crippen molar-refractivity contribution in [3.05, 3.63) is 76.8 Å². The van der Waals surface area contributed by atoms with Gasteiger partial charge in [0.2, 0.25) is 0 Å². The van der Waals surface area contributed by atoms with E-state index in [2.05, 4.69) is 4.98 Å². The van der Waals surface area contributed by atoms with Crippen LogP contribution in [0.3, 0.4) is 0 Å². The van der Waals surface area contributed by atoms with Crippen LogP contribution in [0.5, 0.6) is 11.5 Å². The molecule has 3 rings (SSSR count). The molecule has 0 unspecified atom stereocenters. The van der Waals surface area contributed by atoms with Crippen LogP contribution < -0.4 is 20.8 Å². The molecule has 1 aromatic heterocycles. The molecule has 0 radical (unpaired) electrons. The van der Waals surface area contributed by atoms with Gasteiger partial charge in [0, 0.05) is 24.2 Å². The molecular weight excluding hydrogens is 442 g/mol. The smallest absolute Gasteiger partial charge is 0.320 e. The number of aromatic nitrogens is 2. The number of methoxy groups -OCH3 is 1. The zero-order valence-corrected chi connectivity index (χ0v) is 19.6. The number of hydrogen-bond acceptors (Lipinski definition) is 8. The summed E-state index contributed by atoms with van der Waals surface area (Å²) in [4.78, 5) is 28.7. The molecule has 1 heterocycles. The van der Waals surface area contributed by atoms with E-state index in [9.17, 15) is 9.59 Å². The van der Waals surface area contributed by atoms with E-state index in [1.54, 1.807) is 44.4 Å². The summed E-state index contributed by atoms with van der Waals surface area (Å²) in [5.74, 6) is 1.03. The molecular formula is C24H27N3O5S. The van der Waals surface area contributed by atoms with Crippen LogP contribution in [0.25, 0.3) is 5.69 Å². The van der Waals surface area contributed by atoms with Crippen molar-refractivity contribution in [2.45, 2.75) is 30.2 Å². The summed E-state index contributed by atoms with van der Waals surface area (Å²) in [6, 6.07) is 15.1. The highest BCUT2D eigenvalue weighted by molar-refractivity contribution is 7.98. The number of carbonyl (C=O) groups is 1. The molecule has 0 amide bonds. The van der Waals surface area contributed by atoms with Crippen LogP contribution in [0.2, 0.25) is 0 Å². The normalized spacial score (nSPS) is 11.2. The molecule has 9 heteroatoms. The number of nitrogens with zero attached hydrogens (tertiary/aromatic N) is 2. The van der Waals surface area contributed by atoms with E-state index in [4.69, 9.17) is 19.9 Å². The fraction of sp³-hybridized carbons (Fsp3) is 0.292. The Balaban J connectivity index is 1.77. The van der Waals surface area contributed by atoms with Crippen LogP contribution in [-0.4, -0.2) is 41.4 Å². The molecule has 174 valence electrons. The monoisotopic (exact) mass is 469 g/mol. The maximum atomic E-state index is 13.0. The lowest BCUT2D eigenvalue weighted by Crippen LogP contribution is -2.37. The number of carbonyl (C=O) groups excluding carboxylic acids is 1. The van der Waals surface area contributed by atoms with Gasteiger partial charge in [0.1, 0.15) is 12.2 Å². The topological polar surface area (TPSA) is 106 Å². The predicted octanol–water partition coefficient (Wildman–Crippen LogP) is 3.19. The molecule has 2 N–H and O–H groups in total. The minimum Gasteiger partial charge on any atom is -0.493 e. The summed E-state index contributed by atoms with van der Waals surface area (Å²) in [7, 11) is 1.52. The third-order valence-corrected chi connectivity index (χ3v) is 5.62. The van der Waals surface area contributed by atoms with Crippen LogP contribution in [0.15, 0.2) is 70.7 Å². The largest absolute Gasteiger partial charge is 0.493 e. The summed E-state index contributed by atoms with van der Waals surface area (Å²) >= 11 is 1.39. The van der Waals surface area contributed by atoms with E-state index >= 15 is 0 Å². The van der Waals surface area contributed by atoms with Crippen molar-refractivity contribution in [3.8, 4) is 17.2 Å². The van der Waals surface area contributed by atoms with Crippen LogP contribution in [-0.2, 0) is 15.3 Å². The second-order valence-corrected chi connectivity index (χ2v) is 8.71. The summed E-state index contributed by atoms with van der Waals surface area (Å²) in [6.45, 7) is 3.36. The highest BCUT2D eigenvalue weighted by atomic mass is 32.2. The van der Waals surface area contributed by atoms with Gasteiger partial charge < -0.3 is 19.9 Å². The maximum absolute atomic E-state index is 13.0. The average molecular weight is 470 g/mol. The van der Waals surface area contributed by atoms with Crippen molar-refractivity contribution in [2.75, 3.05) is 20.3 Å². The molecule has 3 aromatic rings. The molecule has 0 spiro atoms. The Kier molecular flexibility index (Phi) is 8.13. The van der Waals surface area contributed by atoms with E-state index in [1.165, 1.54) is 23.4 Å². The summed E-state index contributed by atoms with van der Waals surface area (Å²) in [5.41, 5.74) is 5.95. The Bertz CT molecular complexity index is 1150. The van der Waals surface area contributed by atoms with Crippen molar-refractivity contribution >= 4 is 17.7 Å². The minimum atomic E-state index is -0.868. The maximum Gasteiger partial charge on any atom is 0.320 e. The lowest BCUT2D eigenvalue weighted by atomic mass is 10.1. The van der Waals surface area contributed by atoms with Gasteiger partial charge in [-0.2, -0.15) is 0 Å². The highest BCUT2D eigenvalue weighted by Gasteiger charge is 2.24. The van der Waals surface area contributed by atoms with Crippen molar-refractivity contribution < 1.29 is 19.0 Å². The van der Waals surface area contributed by atoms with E-state index in [-0.39, 0.29) is 18.7 Å². The van der Waals surface area contributed by atoms with Gasteiger partial charge in [0.15, 0.2) is 16.5 Å². The molecule has 0 fully saturated rings. The number of ether oxygens (including phenoxy) is 3. The highest BCUT2D eigenvalue weighted by Crippen LogP contribution is 2.30. The molecule has 0 bridgehead atoms. The van der Waals surface area contributed by atoms with Crippen molar-refractivity contribution in [1.82, 2.24) is 9.55 Å². The van der Waals surface area contributed by atoms with E-state index < -0.39 is 11.6 Å². The van der Waals surface area contributed by atoms with Gasteiger partial charge in [-0.25, -0.2) is 4.98 Å². The van der Waals surface area contributed by atoms with E-state index in [0.29, 0.717) is 28.0 Å². The number of benzene rings is 2. The first-order chi connectivity index (χ1) is 15.8. The van der Waals surface area contributed by atoms with Gasteiger partial charge in [-0.05, 0) is 31.5 Å². The van der Waals surface area contributed by atoms with E-state index in [1.807, 2.05) is 30.3 Å². The molecule has 8 nitrogen and oxygen atoms in total. The van der Waals surface area contributed by atoms with Crippen molar-refractivity contribution in [2.24, 2.45) is 5.73 Å². The SMILES string of the molecule is COc1cc(-n2ccnc(SCc3ccccc3)c2=O)ccc1OCC(C)(C)OC(=O)CN. The van der Waals surface area contributed by atoms with Gasteiger partial charge in [-0.15, -0.1) is 0 Å². The molecule has 0 aliphatic rings.